The Labute approximate surface area is 177 Å². The van der Waals surface area contributed by atoms with Gasteiger partial charge in [-0.2, -0.15) is 0 Å². The molecule has 0 saturated carbocycles. The lowest BCUT2D eigenvalue weighted by Crippen LogP contribution is -2.39. The number of fused-ring (bicyclic) bond motifs is 1. The first kappa shape index (κ1) is 21.4. The van der Waals surface area contributed by atoms with E-state index in [9.17, 15) is 4.79 Å². The Morgan fingerprint density at radius 1 is 1.21 bits per heavy atom. The van der Waals surface area contributed by atoms with Crippen LogP contribution in [0.25, 0.3) is 0 Å². The Bertz CT molecular complexity index is 849. The zero-order valence-electron chi connectivity index (χ0n) is 16.9. The van der Waals surface area contributed by atoms with E-state index >= 15 is 0 Å². The molecule has 0 unspecified atom stereocenters. The van der Waals surface area contributed by atoms with Crippen molar-refractivity contribution in [1.29, 1.82) is 0 Å². The highest BCUT2D eigenvalue weighted by Gasteiger charge is 2.29. The van der Waals surface area contributed by atoms with Gasteiger partial charge in [-0.3, -0.25) is 4.79 Å². The fraction of sp³-hybridized carbons (Fsp3) is 0.550. The summed E-state index contributed by atoms with van der Waals surface area (Å²) in [5, 5.41) is 12.1. The molecule has 1 N–H and O–H groups in total. The second-order valence-electron chi connectivity index (χ2n) is 7.17. The first-order valence-electron chi connectivity index (χ1n) is 9.94. The Morgan fingerprint density at radius 3 is 2.72 bits per heavy atom. The number of halogens is 1. The van der Waals surface area contributed by atoms with Gasteiger partial charge in [0.15, 0.2) is 11.5 Å². The largest absolute Gasteiger partial charge is 0.493 e. The van der Waals surface area contributed by atoms with Gasteiger partial charge >= 0.3 is 0 Å². The zero-order valence-corrected chi connectivity index (χ0v) is 17.7. The molecule has 0 atom stereocenters. The molecule has 158 valence electrons. The van der Waals surface area contributed by atoms with E-state index in [4.69, 9.17) is 9.47 Å². The molecule has 1 saturated heterocycles. The lowest BCUT2D eigenvalue weighted by molar-refractivity contribution is 0.0709. The number of amides is 1. The maximum atomic E-state index is 13.0. The van der Waals surface area contributed by atoms with E-state index in [0.29, 0.717) is 29.6 Å². The number of rotatable bonds is 5. The van der Waals surface area contributed by atoms with E-state index in [2.05, 4.69) is 20.1 Å². The molecular weight excluding hydrogens is 394 g/mol. The Balaban J connectivity index is 0.00000240. The van der Waals surface area contributed by atoms with Crippen LogP contribution in [0.4, 0.5) is 0 Å². The molecule has 1 fully saturated rings. The summed E-state index contributed by atoms with van der Waals surface area (Å²) < 4.78 is 13.2. The highest BCUT2D eigenvalue weighted by molar-refractivity contribution is 5.95. The number of carbonyl (C=O) groups excluding carboxylic acids is 1. The number of likely N-dealkylation sites (tertiary alicyclic amines) is 1. The maximum Gasteiger partial charge on any atom is 0.253 e. The number of hydrogen-bond acceptors (Lipinski definition) is 6. The molecule has 2 aliphatic rings. The summed E-state index contributed by atoms with van der Waals surface area (Å²) in [4.78, 5) is 14.9. The van der Waals surface area contributed by atoms with Crippen molar-refractivity contribution < 1.29 is 14.3 Å². The van der Waals surface area contributed by atoms with E-state index in [-0.39, 0.29) is 18.3 Å². The SMILES string of the molecule is CCOc1ccc(C(=O)N2CCC(c3nnc4n3CCNC4)CC2)cc1OC.Cl. The monoisotopic (exact) mass is 421 g/mol. The van der Waals surface area contributed by atoms with Gasteiger partial charge in [-0.25, -0.2) is 0 Å². The van der Waals surface area contributed by atoms with Crippen LogP contribution in [0, 0.1) is 0 Å². The third-order valence-corrected chi connectivity index (χ3v) is 5.51. The summed E-state index contributed by atoms with van der Waals surface area (Å²) >= 11 is 0. The van der Waals surface area contributed by atoms with E-state index in [1.165, 1.54) is 0 Å². The quantitative estimate of drug-likeness (QED) is 0.797. The fourth-order valence-electron chi connectivity index (χ4n) is 4.02. The molecule has 1 aromatic heterocycles. The lowest BCUT2D eigenvalue weighted by atomic mass is 9.95. The summed E-state index contributed by atoms with van der Waals surface area (Å²) in [6.07, 6.45) is 1.82. The van der Waals surface area contributed by atoms with Gasteiger partial charge in [0.2, 0.25) is 0 Å². The van der Waals surface area contributed by atoms with Crippen molar-refractivity contribution in [2.24, 2.45) is 0 Å². The minimum absolute atomic E-state index is 0. The van der Waals surface area contributed by atoms with Crippen LogP contribution in [0.15, 0.2) is 18.2 Å². The third kappa shape index (κ3) is 4.33. The summed E-state index contributed by atoms with van der Waals surface area (Å²) in [6, 6.07) is 5.38. The second kappa shape index (κ2) is 9.45. The highest BCUT2D eigenvalue weighted by atomic mass is 35.5. The van der Waals surface area contributed by atoms with E-state index in [1.807, 2.05) is 17.9 Å². The molecular formula is C20H28ClN5O3. The van der Waals surface area contributed by atoms with E-state index < -0.39 is 0 Å². The Morgan fingerprint density at radius 2 is 2.00 bits per heavy atom. The summed E-state index contributed by atoms with van der Waals surface area (Å²) in [5.74, 6) is 3.73. The van der Waals surface area contributed by atoms with Crippen LogP contribution in [0.1, 0.15) is 47.7 Å². The number of aromatic nitrogens is 3. The van der Waals surface area contributed by atoms with Gasteiger partial charge in [-0.15, -0.1) is 22.6 Å². The summed E-state index contributed by atoms with van der Waals surface area (Å²) in [6.45, 7) is 6.58. The molecule has 0 aliphatic carbocycles. The average molecular weight is 422 g/mol. The summed E-state index contributed by atoms with van der Waals surface area (Å²) in [5.41, 5.74) is 0.629. The predicted molar refractivity (Wildman–Crippen MR) is 111 cm³/mol. The molecule has 0 spiro atoms. The van der Waals surface area contributed by atoms with Crippen molar-refractivity contribution in [3.05, 3.63) is 35.4 Å². The van der Waals surface area contributed by atoms with Crippen LogP contribution in [0.2, 0.25) is 0 Å². The third-order valence-electron chi connectivity index (χ3n) is 5.51. The normalized spacial score (nSPS) is 16.7. The lowest BCUT2D eigenvalue weighted by Gasteiger charge is -2.32. The Kier molecular flexibility index (Phi) is 6.97. The number of piperidine rings is 1. The Hall–Kier alpha value is -2.32. The highest BCUT2D eigenvalue weighted by Crippen LogP contribution is 2.31. The standard InChI is InChI=1S/C20H27N5O3.ClH/c1-3-28-16-5-4-15(12-17(16)27-2)20(26)24-9-6-14(7-10-24)19-23-22-18-13-21-8-11-25(18)19;/h4-5,12,14,21H,3,6-11,13H2,1-2H3;1H. The number of benzene rings is 1. The van der Waals surface area contributed by atoms with Crippen molar-refractivity contribution in [2.45, 2.75) is 38.8 Å². The van der Waals surface area contributed by atoms with Crippen molar-refractivity contribution in [3.8, 4) is 11.5 Å². The number of carbonyl (C=O) groups is 1. The van der Waals surface area contributed by atoms with Crippen LogP contribution in [-0.4, -0.2) is 58.9 Å². The molecule has 9 heteroatoms. The molecule has 2 aliphatic heterocycles. The fourth-order valence-corrected chi connectivity index (χ4v) is 4.02. The molecule has 2 aromatic rings. The molecule has 29 heavy (non-hydrogen) atoms. The average Bonchev–Trinajstić information content (AvgIpc) is 3.18. The first-order valence-corrected chi connectivity index (χ1v) is 9.94. The van der Waals surface area contributed by atoms with E-state index in [1.54, 1.807) is 19.2 Å². The predicted octanol–water partition coefficient (Wildman–Crippen LogP) is 2.23. The topological polar surface area (TPSA) is 81.5 Å². The number of ether oxygens (including phenoxy) is 2. The molecule has 1 aromatic carbocycles. The van der Waals surface area contributed by atoms with Gasteiger partial charge in [0.1, 0.15) is 11.6 Å². The van der Waals surface area contributed by atoms with Crippen LogP contribution in [0.3, 0.4) is 0 Å². The van der Waals surface area contributed by atoms with Gasteiger partial charge < -0.3 is 24.3 Å². The molecule has 8 nitrogen and oxygen atoms in total. The molecule has 1 amide bonds. The van der Waals surface area contributed by atoms with Crippen molar-refractivity contribution >= 4 is 18.3 Å². The van der Waals surface area contributed by atoms with E-state index in [0.717, 1.165) is 57.2 Å². The number of nitrogens with zero attached hydrogens (tertiary/aromatic N) is 4. The number of hydrogen-bond donors (Lipinski definition) is 1. The van der Waals surface area contributed by atoms with Crippen LogP contribution < -0.4 is 14.8 Å². The van der Waals surface area contributed by atoms with Crippen LogP contribution >= 0.6 is 12.4 Å². The molecule has 0 bridgehead atoms. The van der Waals surface area contributed by atoms with Gasteiger partial charge in [0, 0.05) is 37.7 Å². The maximum absolute atomic E-state index is 13.0. The number of methoxy groups -OCH3 is 1. The van der Waals surface area contributed by atoms with Crippen LogP contribution in [-0.2, 0) is 13.1 Å². The van der Waals surface area contributed by atoms with Gasteiger partial charge in [0.05, 0.1) is 20.3 Å². The molecule has 3 heterocycles. The second-order valence-corrected chi connectivity index (χ2v) is 7.17. The zero-order chi connectivity index (χ0) is 19.5. The minimum Gasteiger partial charge on any atom is -0.493 e. The van der Waals surface area contributed by atoms with Crippen molar-refractivity contribution in [2.75, 3.05) is 33.4 Å². The summed E-state index contributed by atoms with van der Waals surface area (Å²) in [7, 11) is 1.59. The molecule has 0 radical (unpaired) electrons. The first-order chi connectivity index (χ1) is 13.7. The van der Waals surface area contributed by atoms with Crippen molar-refractivity contribution in [3.63, 3.8) is 0 Å². The van der Waals surface area contributed by atoms with Crippen molar-refractivity contribution in [1.82, 2.24) is 25.0 Å². The van der Waals surface area contributed by atoms with Gasteiger partial charge in [-0.1, -0.05) is 0 Å². The smallest absolute Gasteiger partial charge is 0.253 e. The minimum atomic E-state index is 0. The molecule has 4 rings (SSSR count). The van der Waals surface area contributed by atoms with Crippen LogP contribution in [0.5, 0.6) is 11.5 Å². The van der Waals surface area contributed by atoms with Gasteiger partial charge in [-0.05, 0) is 38.0 Å². The number of nitrogens with one attached hydrogen (secondary N) is 1. The van der Waals surface area contributed by atoms with Gasteiger partial charge in [0.25, 0.3) is 5.91 Å².